The van der Waals surface area contributed by atoms with E-state index in [1.54, 1.807) is 13.8 Å². The Bertz CT molecular complexity index is 751. The zero-order valence-corrected chi connectivity index (χ0v) is 16.3. The molecule has 3 amide bonds. The Kier molecular flexibility index (Phi) is 8.36. The van der Waals surface area contributed by atoms with Crippen LogP contribution in [0, 0.1) is 0 Å². The van der Waals surface area contributed by atoms with Crippen molar-refractivity contribution >= 4 is 29.7 Å². The van der Waals surface area contributed by atoms with E-state index in [2.05, 4.69) is 14.8 Å². The van der Waals surface area contributed by atoms with Gasteiger partial charge in [0.2, 0.25) is 11.8 Å². The molecule has 0 aromatic carbocycles. The molecule has 0 bridgehead atoms. The van der Waals surface area contributed by atoms with E-state index >= 15 is 0 Å². The normalized spacial score (nSPS) is 14.6. The summed E-state index contributed by atoms with van der Waals surface area (Å²) in [5, 5.41) is 12.7. The number of amides is 3. The van der Waals surface area contributed by atoms with Gasteiger partial charge >= 0.3 is 11.9 Å². The lowest BCUT2D eigenvalue weighted by molar-refractivity contribution is -0.144. The van der Waals surface area contributed by atoms with Gasteiger partial charge in [-0.1, -0.05) is 13.8 Å². The molecule has 0 saturated heterocycles. The van der Waals surface area contributed by atoms with Crippen molar-refractivity contribution in [3.63, 3.8) is 0 Å². The van der Waals surface area contributed by atoms with Gasteiger partial charge in [-0.05, 0) is 12.8 Å². The molecule has 154 valence electrons. The number of carbonyl (C=O) groups is 5. The van der Waals surface area contributed by atoms with Crippen LogP contribution in [0.4, 0.5) is 0 Å². The van der Waals surface area contributed by atoms with E-state index in [0.717, 1.165) is 14.2 Å². The minimum Gasteiger partial charge on any atom is -0.509 e. The molecule has 1 aliphatic rings. The number of nitrogens with one attached hydrogen (secondary N) is 1. The smallest absolute Gasteiger partial charge is 0.342 e. The third-order valence-electron chi connectivity index (χ3n) is 3.84. The molecule has 1 rings (SSSR count). The molecule has 0 atom stereocenters. The van der Waals surface area contributed by atoms with Crippen LogP contribution in [0.2, 0.25) is 0 Å². The Hall–Kier alpha value is -3.17. The first-order valence-corrected chi connectivity index (χ1v) is 8.71. The maximum absolute atomic E-state index is 13.0. The standard InChI is InChI=1S/C18H24N2O8/c1-5-7-11(22)19-15-14(18(26)28-4)13(17(25)27-3)10(21)9-20(16(15)24)12(23)8-6-2/h21H,5-9H2,1-4H3,(H,19,22). The summed E-state index contributed by atoms with van der Waals surface area (Å²) in [7, 11) is 2.02. The van der Waals surface area contributed by atoms with Gasteiger partial charge in [-0.3, -0.25) is 19.3 Å². The highest BCUT2D eigenvalue weighted by Crippen LogP contribution is 2.26. The second-order valence-corrected chi connectivity index (χ2v) is 5.89. The summed E-state index contributed by atoms with van der Waals surface area (Å²) < 4.78 is 9.22. The van der Waals surface area contributed by atoms with Crippen molar-refractivity contribution in [2.75, 3.05) is 20.8 Å². The number of imide groups is 1. The summed E-state index contributed by atoms with van der Waals surface area (Å²) >= 11 is 0. The van der Waals surface area contributed by atoms with Crippen molar-refractivity contribution < 1.29 is 38.6 Å². The van der Waals surface area contributed by atoms with Gasteiger partial charge in [0.05, 0.1) is 20.8 Å². The summed E-state index contributed by atoms with van der Waals surface area (Å²) in [4.78, 5) is 62.7. The number of carbonyl (C=O) groups excluding carboxylic acids is 5. The van der Waals surface area contributed by atoms with Crippen LogP contribution in [-0.2, 0) is 33.4 Å². The molecule has 2 N–H and O–H groups in total. The van der Waals surface area contributed by atoms with Crippen LogP contribution in [0.1, 0.15) is 39.5 Å². The van der Waals surface area contributed by atoms with E-state index < -0.39 is 58.8 Å². The second kappa shape index (κ2) is 10.2. The van der Waals surface area contributed by atoms with E-state index in [9.17, 15) is 29.1 Å². The molecule has 0 spiro atoms. The maximum atomic E-state index is 13.0. The Labute approximate surface area is 162 Å². The lowest BCUT2D eigenvalue weighted by Gasteiger charge is -2.20. The van der Waals surface area contributed by atoms with E-state index in [1.165, 1.54) is 0 Å². The van der Waals surface area contributed by atoms with E-state index in [1.807, 2.05) is 0 Å². The van der Waals surface area contributed by atoms with Crippen molar-refractivity contribution in [1.29, 1.82) is 0 Å². The summed E-state index contributed by atoms with van der Waals surface area (Å²) in [6, 6.07) is 0. The molecule has 0 radical (unpaired) electrons. The third-order valence-corrected chi connectivity index (χ3v) is 3.84. The van der Waals surface area contributed by atoms with Gasteiger partial charge in [-0.2, -0.15) is 0 Å². The molecule has 1 heterocycles. The number of methoxy groups -OCH3 is 2. The number of nitrogens with zero attached hydrogens (tertiary/aromatic N) is 1. The third kappa shape index (κ3) is 4.96. The van der Waals surface area contributed by atoms with Crippen molar-refractivity contribution in [3.8, 4) is 0 Å². The molecular weight excluding hydrogens is 372 g/mol. The number of hydrogen-bond acceptors (Lipinski definition) is 8. The van der Waals surface area contributed by atoms with Crippen molar-refractivity contribution in [2.45, 2.75) is 39.5 Å². The molecule has 10 nitrogen and oxygen atoms in total. The molecule has 1 aliphatic heterocycles. The zero-order valence-electron chi connectivity index (χ0n) is 16.3. The predicted octanol–water partition coefficient (Wildman–Crippen LogP) is 0.484. The zero-order chi connectivity index (χ0) is 21.4. The molecule has 10 heteroatoms. The SMILES string of the molecule is CCCC(=O)NC1=C(C(=O)OC)C(C(=O)OC)=C(O)CN(C(=O)CCC)C1=O. The second-order valence-electron chi connectivity index (χ2n) is 5.89. The van der Waals surface area contributed by atoms with E-state index in [4.69, 9.17) is 0 Å². The quantitative estimate of drug-likeness (QED) is 0.593. The minimum atomic E-state index is -1.16. The van der Waals surface area contributed by atoms with Gasteiger partial charge in [0, 0.05) is 12.8 Å². The molecule has 0 saturated carbocycles. The molecular formula is C18H24N2O8. The van der Waals surface area contributed by atoms with Crippen molar-refractivity contribution in [2.24, 2.45) is 0 Å². The number of hydrogen-bond donors (Lipinski definition) is 2. The molecule has 0 aromatic heterocycles. The number of esters is 2. The fourth-order valence-electron chi connectivity index (χ4n) is 2.54. The minimum absolute atomic E-state index is 0.0175. The van der Waals surface area contributed by atoms with Crippen molar-refractivity contribution in [3.05, 3.63) is 22.6 Å². The van der Waals surface area contributed by atoms with Crippen LogP contribution in [0.15, 0.2) is 22.6 Å². The number of aliphatic hydroxyl groups is 1. The van der Waals surface area contributed by atoms with Crippen LogP contribution in [0.3, 0.4) is 0 Å². The first-order valence-electron chi connectivity index (χ1n) is 8.71. The average Bonchev–Trinajstić information content (AvgIpc) is 2.76. The first kappa shape index (κ1) is 22.9. The lowest BCUT2D eigenvalue weighted by Crippen LogP contribution is -2.42. The number of aliphatic hydroxyl groups excluding tert-OH is 1. The molecule has 0 aromatic rings. The van der Waals surface area contributed by atoms with Crippen LogP contribution < -0.4 is 5.32 Å². The first-order chi connectivity index (χ1) is 13.2. The Balaban J connectivity index is 3.74. The van der Waals surface area contributed by atoms with Crippen LogP contribution in [-0.4, -0.2) is 60.4 Å². The summed E-state index contributed by atoms with van der Waals surface area (Å²) in [6.45, 7) is 2.79. The Morgan fingerprint density at radius 2 is 1.54 bits per heavy atom. The Morgan fingerprint density at radius 1 is 1.00 bits per heavy atom. The van der Waals surface area contributed by atoms with E-state index in [0.29, 0.717) is 17.7 Å². The van der Waals surface area contributed by atoms with Gasteiger partial charge in [0.15, 0.2) is 0 Å². The monoisotopic (exact) mass is 396 g/mol. The topological polar surface area (TPSA) is 139 Å². The molecule has 0 fully saturated rings. The fraction of sp³-hybridized carbons (Fsp3) is 0.500. The lowest BCUT2D eigenvalue weighted by atomic mass is 10.0. The highest BCUT2D eigenvalue weighted by Gasteiger charge is 2.40. The number of rotatable bonds is 7. The summed E-state index contributed by atoms with van der Waals surface area (Å²) in [5.41, 5.74) is -1.95. The highest BCUT2D eigenvalue weighted by molar-refractivity contribution is 6.17. The van der Waals surface area contributed by atoms with Crippen molar-refractivity contribution in [1.82, 2.24) is 10.2 Å². The number of ether oxygens (including phenoxy) is 2. The fourth-order valence-corrected chi connectivity index (χ4v) is 2.54. The maximum Gasteiger partial charge on any atom is 0.342 e. The Morgan fingerprint density at radius 3 is 2.04 bits per heavy atom. The van der Waals surface area contributed by atoms with Crippen LogP contribution in [0.5, 0.6) is 0 Å². The van der Waals surface area contributed by atoms with Gasteiger partial charge < -0.3 is 19.9 Å². The largest absolute Gasteiger partial charge is 0.509 e. The van der Waals surface area contributed by atoms with Gasteiger partial charge in [-0.15, -0.1) is 0 Å². The summed E-state index contributed by atoms with van der Waals surface area (Å²) in [6.07, 6.45) is 0.875. The molecule has 0 unspecified atom stereocenters. The summed E-state index contributed by atoms with van der Waals surface area (Å²) in [5.74, 6) is -5.30. The predicted molar refractivity (Wildman–Crippen MR) is 95.4 cm³/mol. The highest BCUT2D eigenvalue weighted by atomic mass is 16.5. The van der Waals surface area contributed by atoms with Crippen LogP contribution in [0.25, 0.3) is 0 Å². The average molecular weight is 396 g/mol. The van der Waals surface area contributed by atoms with Gasteiger partial charge in [0.1, 0.15) is 22.6 Å². The van der Waals surface area contributed by atoms with Gasteiger partial charge in [-0.25, -0.2) is 9.59 Å². The van der Waals surface area contributed by atoms with Gasteiger partial charge in [0.25, 0.3) is 5.91 Å². The molecule has 28 heavy (non-hydrogen) atoms. The van der Waals surface area contributed by atoms with Crippen LogP contribution >= 0.6 is 0 Å². The van der Waals surface area contributed by atoms with E-state index in [-0.39, 0.29) is 12.8 Å². The molecule has 0 aliphatic carbocycles.